The van der Waals surface area contributed by atoms with E-state index < -0.39 is 0 Å². The number of rotatable bonds is 3. The van der Waals surface area contributed by atoms with Gasteiger partial charge in [0, 0.05) is 6.04 Å². The Kier molecular flexibility index (Phi) is 2.82. The average molecular weight is 271 g/mol. The van der Waals surface area contributed by atoms with Crippen molar-refractivity contribution in [1.29, 1.82) is 0 Å². The molecule has 3 unspecified atom stereocenters. The van der Waals surface area contributed by atoms with Crippen molar-refractivity contribution < 1.29 is 9.26 Å². The molecule has 5 heteroatoms. The average Bonchev–Trinajstić information content (AvgIpc) is 3.08. The molecule has 0 amide bonds. The maximum atomic E-state index is 5.49. The minimum Gasteiger partial charge on any atom is -0.379 e. The lowest BCUT2D eigenvalue weighted by molar-refractivity contribution is 0.185. The molecule has 1 aliphatic heterocycles. The van der Waals surface area contributed by atoms with E-state index in [1.807, 2.05) is 7.05 Å². The molecule has 5 nitrogen and oxygen atoms in total. The summed E-state index contributed by atoms with van der Waals surface area (Å²) in [5.74, 6) is 1.96. The van der Waals surface area contributed by atoms with Gasteiger partial charge >= 0.3 is 0 Å². The molecule has 3 atom stereocenters. The molecular weight excluding hydrogens is 254 g/mol. The highest BCUT2D eigenvalue weighted by atomic mass is 16.5. The predicted octanol–water partition coefficient (Wildman–Crippen LogP) is 1.46. The summed E-state index contributed by atoms with van der Waals surface area (Å²) in [5, 5.41) is 7.42. The van der Waals surface area contributed by atoms with Gasteiger partial charge in [0.15, 0.2) is 5.82 Å². The molecular formula is C15H17N3O2. The summed E-state index contributed by atoms with van der Waals surface area (Å²) in [6, 6.07) is 8.71. The van der Waals surface area contributed by atoms with E-state index in [1.165, 1.54) is 11.1 Å². The van der Waals surface area contributed by atoms with Crippen LogP contribution in [0.5, 0.6) is 0 Å². The number of hydrogen-bond acceptors (Lipinski definition) is 5. The lowest BCUT2D eigenvalue weighted by Gasteiger charge is -2.27. The van der Waals surface area contributed by atoms with Crippen molar-refractivity contribution in [3.05, 3.63) is 47.1 Å². The Morgan fingerprint density at radius 3 is 3.00 bits per heavy atom. The first-order valence-electron chi connectivity index (χ1n) is 7.03. The topological polar surface area (TPSA) is 60.2 Å². The second-order valence-corrected chi connectivity index (χ2v) is 5.49. The number of fused-ring (bicyclic) bond motifs is 1. The van der Waals surface area contributed by atoms with Gasteiger partial charge in [-0.1, -0.05) is 29.4 Å². The van der Waals surface area contributed by atoms with Gasteiger partial charge < -0.3 is 14.6 Å². The number of likely N-dealkylation sites (N-methyl/N-ethyl adjacent to an activating group) is 1. The molecule has 1 fully saturated rings. The summed E-state index contributed by atoms with van der Waals surface area (Å²) < 4.78 is 11.0. The second kappa shape index (κ2) is 4.68. The monoisotopic (exact) mass is 271 g/mol. The molecule has 0 bridgehead atoms. The Morgan fingerprint density at radius 2 is 2.15 bits per heavy atom. The maximum absolute atomic E-state index is 5.49. The molecule has 1 aliphatic carbocycles. The highest BCUT2D eigenvalue weighted by Gasteiger charge is 2.36. The fourth-order valence-corrected chi connectivity index (χ4v) is 3.11. The normalized spacial score (nSPS) is 28.1. The van der Waals surface area contributed by atoms with Crippen LogP contribution in [-0.2, 0) is 11.2 Å². The summed E-state index contributed by atoms with van der Waals surface area (Å²) in [4.78, 5) is 4.61. The van der Waals surface area contributed by atoms with E-state index in [0.29, 0.717) is 25.0 Å². The van der Waals surface area contributed by atoms with Crippen molar-refractivity contribution in [2.45, 2.75) is 24.3 Å². The minimum atomic E-state index is 0.163. The quantitative estimate of drug-likeness (QED) is 0.915. The molecule has 0 radical (unpaired) electrons. The van der Waals surface area contributed by atoms with Crippen LogP contribution in [0.2, 0.25) is 0 Å². The van der Waals surface area contributed by atoms with Crippen molar-refractivity contribution in [1.82, 2.24) is 15.5 Å². The molecule has 2 aliphatic rings. The Morgan fingerprint density at radius 1 is 1.25 bits per heavy atom. The molecule has 2 aromatic rings. The van der Waals surface area contributed by atoms with Crippen LogP contribution in [0.1, 0.15) is 34.7 Å². The van der Waals surface area contributed by atoms with Crippen LogP contribution >= 0.6 is 0 Å². The number of hydrogen-bond donors (Lipinski definition) is 1. The van der Waals surface area contributed by atoms with Gasteiger partial charge in [0.05, 0.1) is 25.0 Å². The van der Waals surface area contributed by atoms with Gasteiger partial charge in [-0.2, -0.15) is 4.98 Å². The van der Waals surface area contributed by atoms with E-state index in [-0.39, 0.29) is 12.0 Å². The van der Waals surface area contributed by atoms with Crippen molar-refractivity contribution in [2.24, 2.45) is 0 Å². The van der Waals surface area contributed by atoms with Gasteiger partial charge in [0.1, 0.15) is 0 Å². The third-order valence-electron chi connectivity index (χ3n) is 4.39. The molecule has 0 saturated carbocycles. The van der Waals surface area contributed by atoms with Gasteiger partial charge in [-0.15, -0.1) is 0 Å². The van der Waals surface area contributed by atoms with Crippen LogP contribution in [0.15, 0.2) is 28.8 Å². The molecule has 1 N–H and O–H groups in total. The second-order valence-electron chi connectivity index (χ2n) is 5.49. The van der Waals surface area contributed by atoms with E-state index in [0.717, 1.165) is 12.2 Å². The molecule has 104 valence electrons. The van der Waals surface area contributed by atoms with E-state index in [2.05, 4.69) is 39.7 Å². The van der Waals surface area contributed by atoms with Crippen molar-refractivity contribution in [3.8, 4) is 0 Å². The van der Waals surface area contributed by atoms with Gasteiger partial charge in [-0.3, -0.25) is 0 Å². The standard InChI is InChI=1S/C15H17N3O2/c1-16-13-8-19-7-12(13)15-17-14(18-20-15)11-6-9-4-2-3-5-10(9)11/h2-5,11-13,16H,6-8H2,1H3. The van der Waals surface area contributed by atoms with Gasteiger partial charge in [-0.05, 0) is 24.6 Å². The van der Waals surface area contributed by atoms with Crippen molar-refractivity contribution in [2.75, 3.05) is 20.3 Å². The number of nitrogens with one attached hydrogen (secondary N) is 1. The molecule has 1 aromatic heterocycles. The summed E-state index contributed by atoms with van der Waals surface area (Å²) in [5.41, 5.74) is 2.72. The Labute approximate surface area is 117 Å². The molecule has 2 heterocycles. The van der Waals surface area contributed by atoms with Crippen LogP contribution < -0.4 is 5.32 Å². The number of ether oxygens (including phenoxy) is 1. The summed E-state index contributed by atoms with van der Waals surface area (Å²) in [6.07, 6.45) is 1.01. The number of nitrogens with zero attached hydrogens (tertiary/aromatic N) is 2. The zero-order valence-corrected chi connectivity index (χ0v) is 11.4. The number of benzene rings is 1. The van der Waals surface area contributed by atoms with E-state index in [9.17, 15) is 0 Å². The summed E-state index contributed by atoms with van der Waals surface area (Å²) >= 11 is 0. The van der Waals surface area contributed by atoms with Crippen molar-refractivity contribution >= 4 is 0 Å². The smallest absolute Gasteiger partial charge is 0.233 e. The Balaban J connectivity index is 1.58. The van der Waals surface area contributed by atoms with Crippen LogP contribution in [0, 0.1) is 0 Å². The zero-order valence-electron chi connectivity index (χ0n) is 11.4. The fourth-order valence-electron chi connectivity index (χ4n) is 3.11. The zero-order chi connectivity index (χ0) is 13.5. The molecule has 1 aromatic carbocycles. The van der Waals surface area contributed by atoms with Gasteiger partial charge in [-0.25, -0.2) is 0 Å². The van der Waals surface area contributed by atoms with E-state index in [4.69, 9.17) is 9.26 Å². The number of aromatic nitrogens is 2. The Hall–Kier alpha value is -1.72. The summed E-state index contributed by atoms with van der Waals surface area (Å²) in [7, 11) is 1.94. The van der Waals surface area contributed by atoms with E-state index >= 15 is 0 Å². The molecule has 1 saturated heterocycles. The summed E-state index contributed by atoms with van der Waals surface area (Å²) in [6.45, 7) is 1.35. The van der Waals surface area contributed by atoms with Crippen LogP contribution in [-0.4, -0.2) is 36.4 Å². The first-order chi connectivity index (χ1) is 9.86. The van der Waals surface area contributed by atoms with Crippen LogP contribution in [0.4, 0.5) is 0 Å². The van der Waals surface area contributed by atoms with Gasteiger partial charge in [0.25, 0.3) is 0 Å². The largest absolute Gasteiger partial charge is 0.379 e. The minimum absolute atomic E-state index is 0.163. The predicted molar refractivity (Wildman–Crippen MR) is 72.7 cm³/mol. The third kappa shape index (κ3) is 1.77. The first-order valence-corrected chi connectivity index (χ1v) is 7.03. The van der Waals surface area contributed by atoms with Gasteiger partial charge in [0.2, 0.25) is 5.89 Å². The fraction of sp³-hybridized carbons (Fsp3) is 0.467. The molecule has 0 spiro atoms. The SMILES string of the molecule is CNC1COCC1c1nc(C2Cc3ccccc32)no1. The first kappa shape index (κ1) is 12.1. The maximum Gasteiger partial charge on any atom is 0.233 e. The molecule has 20 heavy (non-hydrogen) atoms. The van der Waals surface area contributed by atoms with Crippen molar-refractivity contribution in [3.63, 3.8) is 0 Å². The highest BCUT2D eigenvalue weighted by molar-refractivity contribution is 5.43. The Bertz CT molecular complexity index is 625. The molecule has 4 rings (SSSR count). The van der Waals surface area contributed by atoms with Crippen LogP contribution in [0.3, 0.4) is 0 Å². The highest BCUT2D eigenvalue weighted by Crippen LogP contribution is 2.39. The van der Waals surface area contributed by atoms with E-state index in [1.54, 1.807) is 0 Å². The lowest BCUT2D eigenvalue weighted by Crippen LogP contribution is -2.31. The lowest BCUT2D eigenvalue weighted by atomic mass is 9.77. The third-order valence-corrected chi connectivity index (χ3v) is 4.39. The van der Waals surface area contributed by atoms with Crippen LogP contribution in [0.25, 0.3) is 0 Å².